The Kier molecular flexibility index (Phi) is 3.75. The van der Waals surface area contributed by atoms with Crippen LogP contribution in [-0.4, -0.2) is 17.0 Å². The van der Waals surface area contributed by atoms with Crippen molar-refractivity contribution in [1.29, 1.82) is 0 Å². The van der Waals surface area contributed by atoms with E-state index in [2.05, 4.69) is 64.8 Å². The Hall–Kier alpha value is -2.14. The van der Waals surface area contributed by atoms with Gasteiger partial charge in [0.1, 0.15) is 10.6 Å². The van der Waals surface area contributed by atoms with Gasteiger partial charge in [-0.1, -0.05) is 29.8 Å². The second-order valence-corrected chi connectivity index (χ2v) is 5.96. The first kappa shape index (κ1) is 13.8. The maximum atomic E-state index is 4.55. The summed E-state index contributed by atoms with van der Waals surface area (Å²) in [5, 5.41) is 9.62. The van der Waals surface area contributed by atoms with Crippen LogP contribution < -0.4 is 10.6 Å². The van der Waals surface area contributed by atoms with Crippen LogP contribution in [0, 0.1) is 6.92 Å². The Bertz CT molecular complexity index is 749. The molecule has 0 aliphatic carbocycles. The zero-order valence-corrected chi connectivity index (χ0v) is 13.2. The van der Waals surface area contributed by atoms with E-state index >= 15 is 0 Å². The third kappa shape index (κ3) is 2.83. The highest BCUT2D eigenvalue weighted by atomic mass is 32.1. The number of hydrogen-bond acceptors (Lipinski definition) is 5. The molecular weight excluding hydrogens is 280 g/mol. The van der Waals surface area contributed by atoms with Gasteiger partial charge >= 0.3 is 0 Å². The van der Waals surface area contributed by atoms with Gasteiger partial charge in [0.2, 0.25) is 5.95 Å². The summed E-state index contributed by atoms with van der Waals surface area (Å²) in [6.07, 6.45) is 0. The van der Waals surface area contributed by atoms with Crippen LogP contribution in [0.25, 0.3) is 10.2 Å². The number of hydrogen-bond donors (Lipinski definition) is 2. The fraction of sp³-hybridized carbons (Fsp3) is 0.250. The number of nitrogens with one attached hydrogen (secondary N) is 2. The summed E-state index contributed by atoms with van der Waals surface area (Å²) in [5.41, 5.74) is 2.51. The lowest BCUT2D eigenvalue weighted by Gasteiger charge is -2.16. The van der Waals surface area contributed by atoms with Crippen LogP contribution in [-0.2, 0) is 0 Å². The Labute approximate surface area is 128 Å². The Balaban J connectivity index is 1.93. The first-order valence-corrected chi connectivity index (χ1v) is 7.81. The van der Waals surface area contributed by atoms with Crippen molar-refractivity contribution in [2.24, 2.45) is 0 Å². The normalized spacial score (nSPS) is 12.3. The van der Waals surface area contributed by atoms with E-state index in [9.17, 15) is 0 Å². The molecule has 0 aliphatic rings. The number of anilines is 2. The molecule has 4 nitrogen and oxygen atoms in total. The van der Waals surface area contributed by atoms with Gasteiger partial charge in [-0.15, -0.1) is 11.3 Å². The van der Waals surface area contributed by atoms with E-state index in [1.807, 2.05) is 12.4 Å². The fourth-order valence-corrected chi connectivity index (χ4v) is 2.98. The smallest absolute Gasteiger partial charge is 0.225 e. The number of benzene rings is 1. The molecule has 0 saturated carbocycles. The van der Waals surface area contributed by atoms with Crippen molar-refractivity contribution in [3.63, 3.8) is 0 Å². The van der Waals surface area contributed by atoms with Crippen LogP contribution in [0.5, 0.6) is 0 Å². The zero-order valence-electron chi connectivity index (χ0n) is 12.3. The van der Waals surface area contributed by atoms with E-state index in [4.69, 9.17) is 0 Å². The molecule has 1 aromatic carbocycles. The van der Waals surface area contributed by atoms with Crippen LogP contribution in [0.2, 0.25) is 0 Å². The minimum atomic E-state index is 0.188. The minimum Gasteiger partial charge on any atom is -0.363 e. The summed E-state index contributed by atoms with van der Waals surface area (Å²) in [4.78, 5) is 10.0. The first-order chi connectivity index (χ1) is 10.2. The molecule has 0 radical (unpaired) electrons. The number of aromatic nitrogens is 2. The molecule has 3 aromatic rings. The average molecular weight is 298 g/mol. The molecule has 5 heteroatoms. The van der Waals surface area contributed by atoms with Crippen molar-refractivity contribution in [1.82, 2.24) is 9.97 Å². The van der Waals surface area contributed by atoms with Gasteiger partial charge in [-0.25, -0.2) is 4.98 Å². The summed E-state index contributed by atoms with van der Waals surface area (Å²) in [6, 6.07) is 10.8. The van der Waals surface area contributed by atoms with Gasteiger partial charge in [-0.2, -0.15) is 4.98 Å². The summed E-state index contributed by atoms with van der Waals surface area (Å²) in [6.45, 7) is 4.24. The van der Waals surface area contributed by atoms with Gasteiger partial charge in [0.05, 0.1) is 5.39 Å². The second-order valence-electron chi connectivity index (χ2n) is 5.06. The zero-order chi connectivity index (χ0) is 14.8. The van der Waals surface area contributed by atoms with Crippen LogP contribution in [0.1, 0.15) is 24.1 Å². The second kappa shape index (κ2) is 5.69. The molecular formula is C16H18N4S. The topological polar surface area (TPSA) is 49.8 Å². The standard InChI is InChI=1S/C16H18N4S/c1-10-4-6-12(7-5-10)11(2)18-14-13-8-9-21-15(13)20-16(17-3)19-14/h4-9,11H,1-3H3,(H2,17,18,19,20). The quantitative estimate of drug-likeness (QED) is 0.757. The lowest BCUT2D eigenvalue weighted by Crippen LogP contribution is -2.09. The number of nitrogens with zero attached hydrogens (tertiary/aromatic N) is 2. The number of fused-ring (bicyclic) bond motifs is 1. The number of rotatable bonds is 4. The fourth-order valence-electron chi connectivity index (χ4n) is 2.22. The molecule has 2 heterocycles. The molecule has 3 rings (SSSR count). The van der Waals surface area contributed by atoms with Crippen LogP contribution in [0.4, 0.5) is 11.8 Å². The lowest BCUT2D eigenvalue weighted by molar-refractivity contribution is 0.876. The third-order valence-electron chi connectivity index (χ3n) is 3.48. The predicted molar refractivity (Wildman–Crippen MR) is 90.2 cm³/mol. The van der Waals surface area contributed by atoms with Crippen LogP contribution in [0.15, 0.2) is 35.7 Å². The van der Waals surface area contributed by atoms with Crippen molar-refractivity contribution in [3.05, 3.63) is 46.8 Å². The molecule has 2 aromatic heterocycles. The summed E-state index contributed by atoms with van der Waals surface area (Å²) >= 11 is 1.62. The highest BCUT2D eigenvalue weighted by Gasteiger charge is 2.12. The first-order valence-electron chi connectivity index (χ1n) is 6.93. The van der Waals surface area contributed by atoms with E-state index in [-0.39, 0.29) is 6.04 Å². The molecule has 0 aliphatic heterocycles. The Morgan fingerprint density at radius 1 is 1.10 bits per heavy atom. The lowest BCUT2D eigenvalue weighted by atomic mass is 10.1. The molecule has 0 saturated heterocycles. The molecule has 21 heavy (non-hydrogen) atoms. The monoisotopic (exact) mass is 298 g/mol. The molecule has 0 spiro atoms. The van der Waals surface area contributed by atoms with Gasteiger partial charge < -0.3 is 10.6 Å². The molecule has 1 atom stereocenters. The van der Waals surface area contributed by atoms with Crippen molar-refractivity contribution in [3.8, 4) is 0 Å². The third-order valence-corrected chi connectivity index (χ3v) is 4.29. The van der Waals surface area contributed by atoms with E-state index in [0.717, 1.165) is 16.0 Å². The highest BCUT2D eigenvalue weighted by molar-refractivity contribution is 7.16. The molecule has 1 unspecified atom stereocenters. The van der Waals surface area contributed by atoms with E-state index in [1.165, 1.54) is 11.1 Å². The summed E-state index contributed by atoms with van der Waals surface area (Å²) in [5.74, 6) is 1.52. The average Bonchev–Trinajstić information content (AvgIpc) is 2.96. The van der Waals surface area contributed by atoms with Crippen LogP contribution >= 0.6 is 11.3 Å². The van der Waals surface area contributed by atoms with Crippen molar-refractivity contribution in [2.45, 2.75) is 19.9 Å². The SMILES string of the molecule is CNc1nc(NC(C)c2ccc(C)cc2)c2ccsc2n1. The molecule has 0 amide bonds. The molecule has 108 valence electrons. The number of thiophene rings is 1. The van der Waals surface area contributed by atoms with Gasteiger partial charge in [-0.3, -0.25) is 0 Å². The maximum absolute atomic E-state index is 4.55. The van der Waals surface area contributed by atoms with Crippen LogP contribution in [0.3, 0.4) is 0 Å². The highest BCUT2D eigenvalue weighted by Crippen LogP contribution is 2.29. The molecule has 2 N–H and O–H groups in total. The predicted octanol–water partition coefficient (Wildman–Crippen LogP) is 4.21. The van der Waals surface area contributed by atoms with E-state index in [1.54, 1.807) is 11.3 Å². The number of aryl methyl sites for hydroxylation is 1. The van der Waals surface area contributed by atoms with Gasteiger partial charge in [0.25, 0.3) is 0 Å². The largest absolute Gasteiger partial charge is 0.363 e. The Morgan fingerprint density at radius 3 is 2.57 bits per heavy atom. The van der Waals surface area contributed by atoms with Crippen molar-refractivity contribution >= 4 is 33.3 Å². The van der Waals surface area contributed by atoms with Gasteiger partial charge in [0.15, 0.2) is 0 Å². The van der Waals surface area contributed by atoms with Crippen molar-refractivity contribution in [2.75, 3.05) is 17.7 Å². The maximum Gasteiger partial charge on any atom is 0.225 e. The summed E-state index contributed by atoms with van der Waals surface area (Å²) < 4.78 is 0. The van der Waals surface area contributed by atoms with E-state index < -0.39 is 0 Å². The minimum absolute atomic E-state index is 0.188. The summed E-state index contributed by atoms with van der Waals surface area (Å²) in [7, 11) is 1.84. The molecule has 0 bridgehead atoms. The Morgan fingerprint density at radius 2 is 1.86 bits per heavy atom. The van der Waals surface area contributed by atoms with Gasteiger partial charge in [-0.05, 0) is 30.9 Å². The van der Waals surface area contributed by atoms with E-state index in [0.29, 0.717) is 5.95 Å². The van der Waals surface area contributed by atoms with Gasteiger partial charge in [0, 0.05) is 13.1 Å². The molecule has 0 fully saturated rings. The van der Waals surface area contributed by atoms with Crippen molar-refractivity contribution < 1.29 is 0 Å².